The maximum absolute atomic E-state index is 11.4. The van der Waals surface area contributed by atoms with Crippen molar-refractivity contribution in [2.75, 3.05) is 23.4 Å². The normalized spacial score (nSPS) is 20.1. The molecule has 1 aromatic carbocycles. The van der Waals surface area contributed by atoms with Crippen LogP contribution in [0.3, 0.4) is 0 Å². The molecule has 7 nitrogen and oxygen atoms in total. The van der Waals surface area contributed by atoms with E-state index >= 15 is 0 Å². The third-order valence-electron chi connectivity index (χ3n) is 3.22. The summed E-state index contributed by atoms with van der Waals surface area (Å²) in [4.78, 5) is 10.5. The van der Waals surface area contributed by atoms with Gasteiger partial charge in [-0.05, 0) is 18.9 Å². The van der Waals surface area contributed by atoms with Gasteiger partial charge in [-0.1, -0.05) is 6.92 Å². The molecule has 1 N–H and O–H groups in total. The van der Waals surface area contributed by atoms with E-state index in [1.54, 1.807) is 12.1 Å². The van der Waals surface area contributed by atoms with Crippen LogP contribution in [-0.2, 0) is 9.84 Å². The second-order valence-corrected chi connectivity index (χ2v) is 7.26. The molecule has 1 aliphatic rings. The summed E-state index contributed by atoms with van der Waals surface area (Å²) in [5.41, 5.74) is 0.543. The number of nitrogens with zero attached hydrogens (tertiary/aromatic N) is 1. The first-order valence-corrected chi connectivity index (χ1v) is 8.61. The van der Waals surface area contributed by atoms with Crippen LogP contribution >= 0.6 is 0 Å². The highest BCUT2D eigenvalue weighted by atomic mass is 32.2. The topological polar surface area (TPSA) is 98.5 Å². The first-order chi connectivity index (χ1) is 9.91. The van der Waals surface area contributed by atoms with Crippen molar-refractivity contribution < 1.29 is 18.1 Å². The van der Waals surface area contributed by atoms with Gasteiger partial charge in [-0.25, -0.2) is 8.42 Å². The average Bonchev–Trinajstić information content (AvgIpc) is 2.75. The summed E-state index contributed by atoms with van der Waals surface area (Å²) in [6.45, 7) is 2.30. The number of sulfone groups is 1. The van der Waals surface area contributed by atoms with Gasteiger partial charge >= 0.3 is 5.69 Å². The lowest BCUT2D eigenvalue weighted by atomic mass is 10.2. The number of nitrogens with one attached hydrogen (secondary N) is 1. The minimum absolute atomic E-state index is 0.0898. The SMILES string of the molecule is CCCOc1cc(NC2CCS(=O)(=O)C2)ccc1[N+](=O)[O-]. The second kappa shape index (κ2) is 6.30. The maximum Gasteiger partial charge on any atom is 0.311 e. The monoisotopic (exact) mass is 314 g/mol. The summed E-state index contributed by atoms with van der Waals surface area (Å²) in [6.07, 6.45) is 1.29. The summed E-state index contributed by atoms with van der Waals surface area (Å²) in [7, 11) is -2.96. The van der Waals surface area contributed by atoms with E-state index in [9.17, 15) is 18.5 Å². The van der Waals surface area contributed by atoms with E-state index in [0.29, 0.717) is 18.7 Å². The molecular formula is C13H18N2O5S. The van der Waals surface area contributed by atoms with Gasteiger partial charge < -0.3 is 10.1 Å². The van der Waals surface area contributed by atoms with Gasteiger partial charge in [-0.15, -0.1) is 0 Å². The predicted octanol–water partition coefficient (Wildman–Crippen LogP) is 1.98. The molecule has 1 saturated heterocycles. The van der Waals surface area contributed by atoms with Gasteiger partial charge in [-0.3, -0.25) is 10.1 Å². The Morgan fingerprint density at radius 3 is 2.81 bits per heavy atom. The molecule has 1 heterocycles. The Morgan fingerprint density at radius 1 is 1.48 bits per heavy atom. The number of hydrogen-bond acceptors (Lipinski definition) is 6. The summed E-state index contributed by atoms with van der Waals surface area (Å²) in [5, 5.41) is 14.0. The van der Waals surface area contributed by atoms with Gasteiger partial charge in [0.05, 0.1) is 23.0 Å². The van der Waals surface area contributed by atoms with E-state index < -0.39 is 14.8 Å². The fourth-order valence-electron chi connectivity index (χ4n) is 2.23. The van der Waals surface area contributed by atoms with Crippen LogP contribution in [0, 0.1) is 10.1 Å². The zero-order valence-electron chi connectivity index (χ0n) is 11.7. The smallest absolute Gasteiger partial charge is 0.311 e. The molecule has 0 spiro atoms. The molecule has 1 fully saturated rings. The molecule has 116 valence electrons. The minimum Gasteiger partial charge on any atom is -0.487 e. The fraction of sp³-hybridized carbons (Fsp3) is 0.538. The van der Waals surface area contributed by atoms with Crippen LogP contribution in [0.2, 0.25) is 0 Å². The molecule has 1 aliphatic heterocycles. The molecule has 2 rings (SSSR count). The average molecular weight is 314 g/mol. The number of benzene rings is 1. The number of hydrogen-bond donors (Lipinski definition) is 1. The third kappa shape index (κ3) is 4.07. The fourth-order valence-corrected chi connectivity index (χ4v) is 3.90. The summed E-state index contributed by atoms with van der Waals surface area (Å²) in [6, 6.07) is 4.34. The number of rotatable bonds is 6. The van der Waals surface area contributed by atoms with E-state index in [4.69, 9.17) is 4.74 Å². The summed E-state index contributed by atoms with van der Waals surface area (Å²) >= 11 is 0. The zero-order chi connectivity index (χ0) is 15.5. The van der Waals surface area contributed by atoms with Gasteiger partial charge in [-0.2, -0.15) is 0 Å². The minimum atomic E-state index is -2.96. The second-order valence-electron chi connectivity index (χ2n) is 5.03. The van der Waals surface area contributed by atoms with Gasteiger partial charge in [0.25, 0.3) is 0 Å². The molecule has 8 heteroatoms. The molecule has 0 saturated carbocycles. The largest absolute Gasteiger partial charge is 0.487 e. The van der Waals surface area contributed by atoms with Crippen LogP contribution in [0.25, 0.3) is 0 Å². The molecule has 0 amide bonds. The Labute approximate surface area is 123 Å². The van der Waals surface area contributed by atoms with E-state index in [0.717, 1.165) is 6.42 Å². The molecule has 1 unspecified atom stereocenters. The lowest BCUT2D eigenvalue weighted by Crippen LogP contribution is -2.20. The molecule has 0 bridgehead atoms. The van der Waals surface area contributed by atoms with Crippen molar-refractivity contribution in [3.8, 4) is 5.75 Å². The quantitative estimate of drug-likeness (QED) is 0.637. The number of ether oxygens (including phenoxy) is 1. The summed E-state index contributed by atoms with van der Waals surface area (Å²) < 4.78 is 28.3. The first kappa shape index (κ1) is 15.6. The Bertz CT molecular complexity index is 629. The zero-order valence-corrected chi connectivity index (χ0v) is 12.6. The molecule has 0 radical (unpaired) electrons. The third-order valence-corrected chi connectivity index (χ3v) is 4.99. The van der Waals surface area contributed by atoms with Crippen molar-refractivity contribution in [3.05, 3.63) is 28.3 Å². The van der Waals surface area contributed by atoms with Crippen molar-refractivity contribution >= 4 is 21.2 Å². The highest BCUT2D eigenvalue weighted by Crippen LogP contribution is 2.31. The lowest BCUT2D eigenvalue weighted by molar-refractivity contribution is -0.385. The number of nitro benzene ring substituents is 1. The Morgan fingerprint density at radius 2 is 2.24 bits per heavy atom. The van der Waals surface area contributed by atoms with Crippen LogP contribution < -0.4 is 10.1 Å². The first-order valence-electron chi connectivity index (χ1n) is 6.79. The predicted molar refractivity (Wildman–Crippen MR) is 79.6 cm³/mol. The van der Waals surface area contributed by atoms with Crippen molar-refractivity contribution in [2.24, 2.45) is 0 Å². The Kier molecular flexibility index (Phi) is 4.66. The van der Waals surface area contributed by atoms with E-state index in [2.05, 4.69) is 5.32 Å². The van der Waals surface area contributed by atoms with Crippen LogP contribution in [0.5, 0.6) is 5.75 Å². The molecule has 21 heavy (non-hydrogen) atoms. The maximum atomic E-state index is 11.4. The Hall–Kier alpha value is -1.83. The van der Waals surface area contributed by atoms with Crippen LogP contribution in [-0.4, -0.2) is 37.5 Å². The van der Waals surface area contributed by atoms with Crippen molar-refractivity contribution in [2.45, 2.75) is 25.8 Å². The van der Waals surface area contributed by atoms with Crippen molar-refractivity contribution in [1.82, 2.24) is 0 Å². The standard InChI is InChI=1S/C13H18N2O5S/c1-2-6-20-13-8-10(3-4-12(13)15(16)17)14-11-5-7-21(18,19)9-11/h3-4,8,11,14H,2,5-7,9H2,1H3. The molecular weight excluding hydrogens is 296 g/mol. The highest BCUT2D eigenvalue weighted by Gasteiger charge is 2.28. The molecule has 0 aliphatic carbocycles. The van der Waals surface area contributed by atoms with E-state index in [-0.39, 0.29) is 29.0 Å². The van der Waals surface area contributed by atoms with E-state index in [1.165, 1.54) is 6.07 Å². The van der Waals surface area contributed by atoms with E-state index in [1.807, 2.05) is 6.92 Å². The van der Waals surface area contributed by atoms with Gasteiger partial charge in [0, 0.05) is 23.9 Å². The number of anilines is 1. The van der Waals surface area contributed by atoms with Crippen molar-refractivity contribution in [3.63, 3.8) is 0 Å². The van der Waals surface area contributed by atoms with Crippen LogP contribution in [0.1, 0.15) is 19.8 Å². The molecule has 1 aromatic rings. The van der Waals surface area contributed by atoms with Gasteiger partial charge in [0.2, 0.25) is 0 Å². The van der Waals surface area contributed by atoms with Crippen LogP contribution in [0.15, 0.2) is 18.2 Å². The lowest BCUT2D eigenvalue weighted by Gasteiger charge is -2.14. The van der Waals surface area contributed by atoms with Crippen molar-refractivity contribution in [1.29, 1.82) is 0 Å². The van der Waals surface area contributed by atoms with Gasteiger partial charge in [0.15, 0.2) is 15.6 Å². The summed E-state index contributed by atoms with van der Waals surface area (Å²) in [5.74, 6) is 0.471. The highest BCUT2D eigenvalue weighted by molar-refractivity contribution is 7.91. The van der Waals surface area contributed by atoms with Gasteiger partial charge in [0.1, 0.15) is 0 Å². The van der Waals surface area contributed by atoms with Crippen LogP contribution in [0.4, 0.5) is 11.4 Å². The molecule has 0 aromatic heterocycles. The molecule has 1 atom stereocenters. The number of nitro groups is 1. The Balaban J connectivity index is 2.15.